The molecular weight excluding hydrogens is 367 g/mol. The van der Waals surface area contributed by atoms with Crippen LogP contribution in [0.4, 0.5) is 10.1 Å². The summed E-state index contributed by atoms with van der Waals surface area (Å²) in [6, 6.07) is 5.12. The van der Waals surface area contributed by atoms with Crippen molar-refractivity contribution in [2.24, 2.45) is 13.0 Å². The summed E-state index contributed by atoms with van der Waals surface area (Å²) in [7, 11) is 1.60. The predicted molar refractivity (Wildman–Crippen MR) is 103 cm³/mol. The van der Waals surface area contributed by atoms with Gasteiger partial charge in [-0.05, 0) is 23.9 Å². The zero-order valence-electron chi connectivity index (χ0n) is 14.8. The van der Waals surface area contributed by atoms with Crippen LogP contribution in [0.25, 0.3) is 11.3 Å². The Hall–Kier alpha value is -2.74. The Morgan fingerprint density at radius 2 is 2.30 bits per heavy atom. The van der Waals surface area contributed by atoms with Crippen LogP contribution in [-0.2, 0) is 7.05 Å². The lowest BCUT2D eigenvalue weighted by Crippen LogP contribution is -2.24. The molecule has 1 aliphatic rings. The van der Waals surface area contributed by atoms with Crippen molar-refractivity contribution in [3.63, 3.8) is 0 Å². The Bertz CT molecular complexity index is 990. The summed E-state index contributed by atoms with van der Waals surface area (Å²) in [4.78, 5) is 22.7. The number of aromatic nitrogens is 3. The molecule has 6 nitrogen and oxygen atoms in total. The molecule has 3 aromatic heterocycles. The van der Waals surface area contributed by atoms with Crippen molar-refractivity contribution in [3.05, 3.63) is 57.5 Å². The summed E-state index contributed by atoms with van der Waals surface area (Å²) in [5, 5.41) is 4.21. The topological polar surface area (TPSA) is 60.2 Å². The molecule has 1 saturated heterocycles. The van der Waals surface area contributed by atoms with Gasteiger partial charge < -0.3 is 9.64 Å². The lowest BCUT2D eigenvalue weighted by molar-refractivity contribution is 0.231. The number of thiophene rings is 1. The van der Waals surface area contributed by atoms with E-state index in [1.165, 1.54) is 28.6 Å². The Morgan fingerprint density at radius 3 is 3.07 bits per heavy atom. The normalized spacial score (nSPS) is 16.7. The molecule has 1 fully saturated rings. The minimum absolute atomic E-state index is 0.197. The lowest BCUT2D eigenvalue weighted by atomic mass is 10.1. The number of rotatable bonds is 5. The van der Waals surface area contributed by atoms with Crippen molar-refractivity contribution >= 4 is 17.0 Å². The average molecular weight is 386 g/mol. The highest BCUT2D eigenvalue weighted by molar-refractivity contribution is 7.08. The van der Waals surface area contributed by atoms with E-state index in [2.05, 4.69) is 31.7 Å². The molecule has 0 radical (unpaired) electrons. The zero-order valence-corrected chi connectivity index (χ0v) is 15.7. The Kier molecular flexibility index (Phi) is 4.89. The third kappa shape index (κ3) is 3.71. The van der Waals surface area contributed by atoms with Crippen LogP contribution in [0.1, 0.15) is 6.42 Å². The monoisotopic (exact) mass is 386 g/mol. The lowest BCUT2D eigenvalue weighted by Gasteiger charge is -2.17. The van der Waals surface area contributed by atoms with E-state index in [4.69, 9.17) is 4.74 Å². The standard InChI is InChI=1S/C19H19FN4O2S/c1-23-18(25)8-17(15-2-5-21-9-16(15)20)22-19(23)26-11-13-3-6-24(10-13)14-4-7-27-12-14/h2,4-5,7-9,12-13H,3,6,10-11H2,1H3/t13-/m0/s1. The molecule has 140 valence electrons. The zero-order chi connectivity index (χ0) is 18.8. The average Bonchev–Trinajstić information content (AvgIpc) is 3.34. The van der Waals surface area contributed by atoms with E-state index >= 15 is 0 Å². The van der Waals surface area contributed by atoms with E-state index in [0.29, 0.717) is 12.5 Å². The maximum absolute atomic E-state index is 14.0. The van der Waals surface area contributed by atoms with Gasteiger partial charge in [0.1, 0.15) is 0 Å². The predicted octanol–water partition coefficient (Wildman–Crippen LogP) is 2.95. The van der Waals surface area contributed by atoms with Crippen molar-refractivity contribution in [2.45, 2.75) is 6.42 Å². The molecule has 27 heavy (non-hydrogen) atoms. The minimum atomic E-state index is -0.522. The molecule has 4 rings (SSSR count). The van der Waals surface area contributed by atoms with Gasteiger partial charge in [0.15, 0.2) is 5.82 Å². The van der Waals surface area contributed by atoms with Crippen LogP contribution in [0.3, 0.4) is 0 Å². The smallest absolute Gasteiger partial charge is 0.299 e. The Labute approximate surface area is 159 Å². The van der Waals surface area contributed by atoms with E-state index < -0.39 is 5.82 Å². The van der Waals surface area contributed by atoms with Gasteiger partial charge >= 0.3 is 0 Å². The molecule has 0 amide bonds. The molecule has 3 aromatic rings. The molecule has 0 bridgehead atoms. The molecular formula is C19H19FN4O2S. The van der Waals surface area contributed by atoms with E-state index in [1.807, 2.05) is 0 Å². The highest BCUT2D eigenvalue weighted by atomic mass is 32.1. The van der Waals surface area contributed by atoms with Crippen LogP contribution in [0.2, 0.25) is 0 Å². The summed E-state index contributed by atoms with van der Waals surface area (Å²) in [6.45, 7) is 2.35. The maximum Gasteiger partial charge on any atom is 0.299 e. The molecule has 0 N–H and O–H groups in total. The van der Waals surface area contributed by atoms with Crippen LogP contribution >= 0.6 is 11.3 Å². The van der Waals surface area contributed by atoms with E-state index in [0.717, 1.165) is 25.7 Å². The summed E-state index contributed by atoms with van der Waals surface area (Å²) in [6.07, 6.45) is 3.59. The first-order valence-electron chi connectivity index (χ1n) is 8.69. The highest BCUT2D eigenvalue weighted by Gasteiger charge is 2.24. The van der Waals surface area contributed by atoms with Crippen molar-refractivity contribution in [1.29, 1.82) is 0 Å². The Morgan fingerprint density at radius 1 is 1.41 bits per heavy atom. The van der Waals surface area contributed by atoms with Crippen molar-refractivity contribution in [1.82, 2.24) is 14.5 Å². The first kappa shape index (κ1) is 17.7. The Balaban J connectivity index is 1.49. The quantitative estimate of drug-likeness (QED) is 0.675. The van der Waals surface area contributed by atoms with Crippen molar-refractivity contribution in [3.8, 4) is 17.3 Å². The number of hydrogen-bond acceptors (Lipinski definition) is 6. The van der Waals surface area contributed by atoms with E-state index in [9.17, 15) is 9.18 Å². The second-order valence-electron chi connectivity index (χ2n) is 6.57. The summed E-state index contributed by atoms with van der Waals surface area (Å²) < 4.78 is 21.2. The number of pyridine rings is 1. The molecule has 0 aliphatic carbocycles. The van der Waals surface area contributed by atoms with Gasteiger partial charge in [0, 0.05) is 54.9 Å². The van der Waals surface area contributed by atoms with Crippen LogP contribution in [-0.4, -0.2) is 34.2 Å². The second kappa shape index (κ2) is 7.48. The molecule has 1 aliphatic heterocycles. The van der Waals surface area contributed by atoms with E-state index in [-0.39, 0.29) is 22.8 Å². The van der Waals surface area contributed by atoms with Gasteiger partial charge in [-0.25, -0.2) is 4.39 Å². The highest BCUT2D eigenvalue weighted by Crippen LogP contribution is 2.26. The molecule has 0 spiro atoms. The van der Waals surface area contributed by atoms with Gasteiger partial charge in [-0.3, -0.25) is 14.3 Å². The van der Waals surface area contributed by atoms with Gasteiger partial charge in [-0.1, -0.05) is 0 Å². The van der Waals surface area contributed by atoms with Gasteiger partial charge in [0.2, 0.25) is 0 Å². The molecule has 0 saturated carbocycles. The number of nitrogens with zero attached hydrogens (tertiary/aromatic N) is 4. The second-order valence-corrected chi connectivity index (χ2v) is 7.35. The minimum Gasteiger partial charge on any atom is -0.464 e. The fourth-order valence-electron chi connectivity index (χ4n) is 3.20. The SMILES string of the molecule is Cn1c(OC[C@H]2CCN(c3ccsc3)C2)nc(-c2ccncc2F)cc1=O. The largest absolute Gasteiger partial charge is 0.464 e. The third-order valence-corrected chi connectivity index (χ3v) is 5.42. The van der Waals surface area contributed by atoms with Gasteiger partial charge in [0.05, 0.1) is 18.5 Å². The van der Waals surface area contributed by atoms with Crippen LogP contribution in [0.15, 0.2) is 46.1 Å². The first-order valence-corrected chi connectivity index (χ1v) is 9.64. The van der Waals surface area contributed by atoms with E-state index in [1.54, 1.807) is 18.4 Å². The third-order valence-electron chi connectivity index (χ3n) is 4.75. The summed E-state index contributed by atoms with van der Waals surface area (Å²) in [5.41, 5.74) is 1.43. The number of halogens is 1. The number of hydrogen-bond donors (Lipinski definition) is 0. The molecule has 0 aromatic carbocycles. The maximum atomic E-state index is 14.0. The number of anilines is 1. The van der Waals surface area contributed by atoms with Crippen LogP contribution in [0, 0.1) is 11.7 Å². The van der Waals surface area contributed by atoms with Crippen LogP contribution in [0.5, 0.6) is 6.01 Å². The van der Waals surface area contributed by atoms with Gasteiger partial charge in [-0.15, -0.1) is 0 Å². The van der Waals surface area contributed by atoms with Crippen LogP contribution < -0.4 is 15.2 Å². The first-order chi connectivity index (χ1) is 13.1. The van der Waals surface area contributed by atoms with Crippen molar-refractivity contribution < 1.29 is 9.13 Å². The molecule has 1 atom stereocenters. The molecule has 4 heterocycles. The molecule has 0 unspecified atom stereocenters. The van der Waals surface area contributed by atoms with Gasteiger partial charge in [-0.2, -0.15) is 16.3 Å². The fraction of sp³-hybridized carbons (Fsp3) is 0.316. The summed E-state index contributed by atoms with van der Waals surface area (Å²) >= 11 is 1.69. The summed E-state index contributed by atoms with van der Waals surface area (Å²) in [5.74, 6) is -0.172. The molecule has 8 heteroatoms. The van der Waals surface area contributed by atoms with Gasteiger partial charge in [0.25, 0.3) is 11.6 Å². The fourth-order valence-corrected chi connectivity index (χ4v) is 3.86. The number of ether oxygens (including phenoxy) is 1. The van der Waals surface area contributed by atoms with Crippen molar-refractivity contribution in [2.75, 3.05) is 24.6 Å².